The van der Waals surface area contributed by atoms with Gasteiger partial charge < -0.3 is 9.29 Å². The summed E-state index contributed by atoms with van der Waals surface area (Å²) in [5, 5.41) is 8.74. The molecule has 1 aromatic rings. The van der Waals surface area contributed by atoms with E-state index in [0.29, 0.717) is 6.42 Å². The zero-order chi connectivity index (χ0) is 12.9. The summed E-state index contributed by atoms with van der Waals surface area (Å²) < 4.78 is 27.7. The van der Waals surface area contributed by atoms with Gasteiger partial charge in [0.05, 0.1) is 11.3 Å². The monoisotopic (exact) mass is 258 g/mol. The molecule has 17 heavy (non-hydrogen) atoms. The summed E-state index contributed by atoms with van der Waals surface area (Å²) in [6.45, 7) is 1.88. The first-order valence-corrected chi connectivity index (χ1v) is 6.78. The maximum Gasteiger partial charge on any atom is 0.335 e. The van der Waals surface area contributed by atoms with Crippen LogP contribution in [-0.2, 0) is 10.1 Å². The molecule has 0 aliphatic rings. The fourth-order valence-electron chi connectivity index (χ4n) is 1.19. The SMILES string of the molecule is CCCCS(=O)(=O)Oc1cccc(C(=O)O)c1. The second kappa shape index (κ2) is 5.67. The molecule has 0 aliphatic heterocycles. The van der Waals surface area contributed by atoms with Crippen LogP contribution in [0.15, 0.2) is 24.3 Å². The summed E-state index contributed by atoms with van der Waals surface area (Å²) in [4.78, 5) is 10.7. The molecular formula is C11H14O5S. The molecule has 94 valence electrons. The summed E-state index contributed by atoms with van der Waals surface area (Å²) in [5.41, 5.74) is -0.00630. The van der Waals surface area contributed by atoms with Crippen LogP contribution in [0.25, 0.3) is 0 Å². The molecule has 0 radical (unpaired) electrons. The number of hydrogen-bond acceptors (Lipinski definition) is 4. The second-order valence-electron chi connectivity index (χ2n) is 3.53. The summed E-state index contributed by atoms with van der Waals surface area (Å²) in [7, 11) is -3.63. The number of hydrogen-bond donors (Lipinski definition) is 1. The van der Waals surface area contributed by atoms with Gasteiger partial charge >= 0.3 is 16.1 Å². The lowest BCUT2D eigenvalue weighted by atomic mass is 10.2. The molecule has 0 spiro atoms. The van der Waals surface area contributed by atoms with Crippen molar-refractivity contribution in [3.63, 3.8) is 0 Å². The van der Waals surface area contributed by atoms with Crippen molar-refractivity contribution in [1.82, 2.24) is 0 Å². The minimum atomic E-state index is -3.63. The van der Waals surface area contributed by atoms with E-state index >= 15 is 0 Å². The number of rotatable bonds is 6. The molecule has 0 saturated heterocycles. The van der Waals surface area contributed by atoms with E-state index in [9.17, 15) is 13.2 Å². The van der Waals surface area contributed by atoms with E-state index < -0.39 is 16.1 Å². The van der Waals surface area contributed by atoms with E-state index in [1.165, 1.54) is 24.3 Å². The van der Waals surface area contributed by atoms with Gasteiger partial charge in [-0.05, 0) is 24.6 Å². The van der Waals surface area contributed by atoms with Crippen molar-refractivity contribution in [3.05, 3.63) is 29.8 Å². The highest BCUT2D eigenvalue weighted by molar-refractivity contribution is 7.87. The van der Waals surface area contributed by atoms with E-state index in [-0.39, 0.29) is 17.1 Å². The molecule has 0 saturated carbocycles. The van der Waals surface area contributed by atoms with Gasteiger partial charge in [-0.15, -0.1) is 0 Å². The molecule has 1 rings (SSSR count). The lowest BCUT2D eigenvalue weighted by Gasteiger charge is -2.06. The second-order valence-corrected chi connectivity index (χ2v) is 5.22. The molecule has 0 aromatic heterocycles. The molecule has 0 amide bonds. The maximum absolute atomic E-state index is 11.5. The molecule has 1 N–H and O–H groups in total. The molecule has 0 fully saturated rings. The van der Waals surface area contributed by atoms with Crippen molar-refractivity contribution in [1.29, 1.82) is 0 Å². The van der Waals surface area contributed by atoms with E-state index in [2.05, 4.69) is 0 Å². The van der Waals surface area contributed by atoms with Gasteiger partial charge in [-0.3, -0.25) is 0 Å². The molecule has 0 atom stereocenters. The zero-order valence-electron chi connectivity index (χ0n) is 9.42. The average Bonchev–Trinajstić information content (AvgIpc) is 2.26. The minimum Gasteiger partial charge on any atom is -0.478 e. The summed E-state index contributed by atoms with van der Waals surface area (Å²) in [6.07, 6.45) is 1.26. The number of aromatic carboxylic acids is 1. The van der Waals surface area contributed by atoms with Crippen LogP contribution in [0.2, 0.25) is 0 Å². The van der Waals surface area contributed by atoms with Gasteiger partial charge in [0.2, 0.25) is 0 Å². The molecule has 0 unspecified atom stereocenters. The Morgan fingerprint density at radius 3 is 2.71 bits per heavy atom. The summed E-state index contributed by atoms with van der Waals surface area (Å²) >= 11 is 0. The lowest BCUT2D eigenvalue weighted by Crippen LogP contribution is -2.13. The molecular weight excluding hydrogens is 244 g/mol. The Kier molecular flexibility index (Phi) is 4.51. The fraction of sp³-hybridized carbons (Fsp3) is 0.364. The Labute approximate surface area is 100 Å². The van der Waals surface area contributed by atoms with Crippen LogP contribution in [0.5, 0.6) is 5.75 Å². The van der Waals surface area contributed by atoms with Crippen molar-refractivity contribution in [2.24, 2.45) is 0 Å². The third-order valence-electron chi connectivity index (χ3n) is 2.05. The fourth-order valence-corrected chi connectivity index (χ4v) is 2.31. The quantitative estimate of drug-likeness (QED) is 0.788. The van der Waals surface area contributed by atoms with Gasteiger partial charge in [0, 0.05) is 0 Å². The van der Waals surface area contributed by atoms with Crippen molar-refractivity contribution < 1.29 is 22.5 Å². The Morgan fingerprint density at radius 2 is 2.12 bits per heavy atom. The van der Waals surface area contributed by atoms with Gasteiger partial charge in [-0.2, -0.15) is 8.42 Å². The molecule has 0 heterocycles. The molecule has 0 bridgehead atoms. The van der Waals surface area contributed by atoms with Gasteiger partial charge in [-0.1, -0.05) is 19.4 Å². The third-order valence-corrected chi connectivity index (χ3v) is 3.29. The van der Waals surface area contributed by atoms with Crippen molar-refractivity contribution in [2.75, 3.05) is 5.75 Å². The molecule has 6 heteroatoms. The topological polar surface area (TPSA) is 80.7 Å². The third kappa shape index (κ3) is 4.44. The van der Waals surface area contributed by atoms with Crippen molar-refractivity contribution >= 4 is 16.1 Å². The van der Waals surface area contributed by atoms with E-state index in [0.717, 1.165) is 6.42 Å². The van der Waals surface area contributed by atoms with E-state index in [1.807, 2.05) is 6.92 Å². The molecule has 5 nitrogen and oxygen atoms in total. The highest BCUT2D eigenvalue weighted by atomic mass is 32.2. The van der Waals surface area contributed by atoms with Gasteiger partial charge in [0.25, 0.3) is 0 Å². The minimum absolute atomic E-state index is 0.00630. The maximum atomic E-state index is 11.5. The lowest BCUT2D eigenvalue weighted by molar-refractivity contribution is 0.0696. The number of benzene rings is 1. The zero-order valence-corrected chi connectivity index (χ0v) is 10.2. The normalized spacial score (nSPS) is 11.1. The predicted octanol–water partition coefficient (Wildman–Crippen LogP) is 1.89. The Hall–Kier alpha value is -1.56. The largest absolute Gasteiger partial charge is 0.478 e. The first-order chi connectivity index (χ1) is 7.94. The van der Waals surface area contributed by atoms with Crippen LogP contribution in [0, 0.1) is 0 Å². The molecule has 0 aliphatic carbocycles. The van der Waals surface area contributed by atoms with E-state index in [4.69, 9.17) is 9.29 Å². The van der Waals surface area contributed by atoms with Crippen molar-refractivity contribution in [2.45, 2.75) is 19.8 Å². The highest BCUT2D eigenvalue weighted by Crippen LogP contribution is 2.16. The smallest absolute Gasteiger partial charge is 0.335 e. The van der Waals surface area contributed by atoms with Crippen LogP contribution < -0.4 is 4.18 Å². The first kappa shape index (κ1) is 13.5. The Morgan fingerprint density at radius 1 is 1.41 bits per heavy atom. The first-order valence-electron chi connectivity index (χ1n) is 5.20. The van der Waals surface area contributed by atoms with E-state index in [1.54, 1.807) is 0 Å². The Bertz CT molecular complexity index is 492. The van der Waals surface area contributed by atoms with Crippen LogP contribution in [0.4, 0.5) is 0 Å². The number of unbranched alkanes of at least 4 members (excludes halogenated alkanes) is 1. The van der Waals surface area contributed by atoms with Crippen LogP contribution in [0.1, 0.15) is 30.1 Å². The molecule has 1 aromatic carbocycles. The van der Waals surface area contributed by atoms with Gasteiger partial charge in [0.15, 0.2) is 0 Å². The standard InChI is InChI=1S/C11H14O5S/c1-2-3-7-17(14,15)16-10-6-4-5-9(8-10)11(12)13/h4-6,8H,2-3,7H2,1H3,(H,12,13). The number of carboxylic acids is 1. The number of carboxylic acid groups (broad SMARTS) is 1. The predicted molar refractivity (Wildman–Crippen MR) is 62.7 cm³/mol. The van der Waals surface area contributed by atoms with Crippen LogP contribution in [-0.4, -0.2) is 25.2 Å². The number of carbonyl (C=O) groups is 1. The van der Waals surface area contributed by atoms with Gasteiger partial charge in [-0.25, -0.2) is 4.79 Å². The average molecular weight is 258 g/mol. The van der Waals surface area contributed by atoms with Crippen molar-refractivity contribution in [3.8, 4) is 5.75 Å². The van der Waals surface area contributed by atoms with Gasteiger partial charge in [0.1, 0.15) is 5.75 Å². The Balaban J connectivity index is 2.81. The van der Waals surface area contributed by atoms with Crippen LogP contribution in [0.3, 0.4) is 0 Å². The van der Waals surface area contributed by atoms with Crippen LogP contribution >= 0.6 is 0 Å². The highest BCUT2D eigenvalue weighted by Gasteiger charge is 2.13. The summed E-state index contributed by atoms with van der Waals surface area (Å²) in [5.74, 6) is -1.16. The summed E-state index contributed by atoms with van der Waals surface area (Å²) in [6, 6.07) is 5.41.